The van der Waals surface area contributed by atoms with Gasteiger partial charge in [-0.3, -0.25) is 0 Å². The van der Waals surface area contributed by atoms with Crippen LogP contribution in [-0.2, 0) is 10.0 Å². The second kappa shape index (κ2) is 8.05. The van der Waals surface area contributed by atoms with E-state index in [2.05, 4.69) is 25.3 Å². The molecule has 1 saturated carbocycles. The van der Waals surface area contributed by atoms with Gasteiger partial charge in [-0.25, -0.2) is 18.1 Å². The zero-order chi connectivity index (χ0) is 20.4. The van der Waals surface area contributed by atoms with Crippen LogP contribution in [0.1, 0.15) is 52.0 Å². The molecule has 0 spiro atoms. The van der Waals surface area contributed by atoms with Crippen molar-refractivity contribution in [2.75, 3.05) is 10.6 Å². The van der Waals surface area contributed by atoms with Gasteiger partial charge in [-0.2, -0.15) is 4.98 Å². The Morgan fingerprint density at radius 2 is 1.86 bits per heavy atom. The van der Waals surface area contributed by atoms with E-state index < -0.39 is 10.0 Å². The van der Waals surface area contributed by atoms with Crippen LogP contribution >= 0.6 is 0 Å². The highest BCUT2D eigenvalue weighted by Crippen LogP contribution is 2.24. The number of hydrogen-bond donors (Lipinski definition) is 3. The largest absolute Gasteiger partial charge is 0.350 e. The van der Waals surface area contributed by atoms with Gasteiger partial charge in [0.05, 0.1) is 4.90 Å². The Labute approximate surface area is 167 Å². The fourth-order valence-corrected chi connectivity index (χ4v) is 4.52. The van der Waals surface area contributed by atoms with E-state index in [1.54, 1.807) is 24.4 Å². The second-order valence-electron chi connectivity index (χ2n) is 8.36. The quantitative estimate of drug-likeness (QED) is 0.676. The molecule has 8 heteroatoms. The third-order valence-electron chi connectivity index (χ3n) is 4.54. The summed E-state index contributed by atoms with van der Waals surface area (Å²) in [6.07, 6.45) is 5.70. The normalized spacial score (nSPS) is 15.6. The Morgan fingerprint density at radius 3 is 2.54 bits per heavy atom. The van der Waals surface area contributed by atoms with Crippen molar-refractivity contribution in [1.29, 1.82) is 0 Å². The number of sulfonamides is 1. The highest BCUT2D eigenvalue weighted by molar-refractivity contribution is 7.89. The Morgan fingerprint density at radius 1 is 1.14 bits per heavy atom. The molecule has 0 saturated heterocycles. The first-order valence-electron chi connectivity index (χ1n) is 9.64. The van der Waals surface area contributed by atoms with E-state index in [1.165, 1.54) is 0 Å². The predicted octanol–water partition coefficient (Wildman–Crippen LogP) is 3.96. The summed E-state index contributed by atoms with van der Waals surface area (Å²) in [4.78, 5) is 9.10. The van der Waals surface area contributed by atoms with Crippen LogP contribution in [0.5, 0.6) is 0 Å². The maximum atomic E-state index is 12.7. The summed E-state index contributed by atoms with van der Waals surface area (Å²) in [5.74, 6) is 1.16. The molecule has 28 heavy (non-hydrogen) atoms. The van der Waals surface area contributed by atoms with Crippen LogP contribution in [0.2, 0.25) is 0 Å². The van der Waals surface area contributed by atoms with Crippen LogP contribution in [0, 0.1) is 6.92 Å². The van der Waals surface area contributed by atoms with Crippen LogP contribution in [0.15, 0.2) is 35.4 Å². The Kier molecular flexibility index (Phi) is 5.90. The van der Waals surface area contributed by atoms with Crippen molar-refractivity contribution >= 4 is 27.5 Å². The standard InChI is InChI=1S/C20H29N5O2S/c1-14-13-21-19(24-20(2,3)4)23-18(14)22-16-10-7-11-17(12-16)28(26,27)25-15-8-5-6-9-15/h7,10-13,15,25H,5-6,8-9H2,1-4H3,(H2,21,22,23,24). The van der Waals surface area contributed by atoms with Crippen molar-refractivity contribution in [3.05, 3.63) is 36.0 Å². The van der Waals surface area contributed by atoms with E-state index in [9.17, 15) is 8.42 Å². The number of anilines is 3. The van der Waals surface area contributed by atoms with Crippen molar-refractivity contribution in [1.82, 2.24) is 14.7 Å². The minimum atomic E-state index is -3.54. The molecule has 0 atom stereocenters. The first kappa shape index (κ1) is 20.5. The lowest BCUT2D eigenvalue weighted by Crippen LogP contribution is -2.32. The van der Waals surface area contributed by atoms with Crippen LogP contribution in [0.25, 0.3) is 0 Å². The van der Waals surface area contributed by atoms with E-state index in [0.717, 1.165) is 31.2 Å². The fourth-order valence-electron chi connectivity index (χ4n) is 3.17. The van der Waals surface area contributed by atoms with Crippen LogP contribution in [0.3, 0.4) is 0 Å². The molecule has 0 unspecified atom stereocenters. The minimum absolute atomic E-state index is 0.0387. The van der Waals surface area contributed by atoms with Gasteiger partial charge in [-0.05, 0) is 58.7 Å². The van der Waals surface area contributed by atoms with Gasteiger partial charge in [0, 0.05) is 29.0 Å². The third-order valence-corrected chi connectivity index (χ3v) is 6.06. The molecule has 152 valence electrons. The van der Waals surface area contributed by atoms with Crippen molar-refractivity contribution in [3.8, 4) is 0 Å². The van der Waals surface area contributed by atoms with E-state index >= 15 is 0 Å². The predicted molar refractivity (Wildman–Crippen MR) is 112 cm³/mol. The molecular weight excluding hydrogens is 374 g/mol. The highest BCUT2D eigenvalue weighted by atomic mass is 32.2. The Bertz CT molecular complexity index is 932. The summed E-state index contributed by atoms with van der Waals surface area (Å²) >= 11 is 0. The summed E-state index contributed by atoms with van der Waals surface area (Å²) in [6, 6.07) is 6.85. The lowest BCUT2D eigenvalue weighted by molar-refractivity contribution is 0.552. The van der Waals surface area contributed by atoms with Gasteiger partial charge in [0.25, 0.3) is 0 Å². The fraction of sp³-hybridized carbons (Fsp3) is 0.500. The lowest BCUT2D eigenvalue weighted by atomic mass is 10.1. The number of aryl methyl sites for hydroxylation is 1. The molecule has 3 rings (SSSR count). The molecule has 2 aromatic rings. The molecule has 7 nitrogen and oxygen atoms in total. The summed E-state index contributed by atoms with van der Waals surface area (Å²) in [5, 5.41) is 6.46. The summed E-state index contributed by atoms with van der Waals surface area (Å²) in [7, 11) is -3.54. The monoisotopic (exact) mass is 403 g/mol. The number of rotatable bonds is 6. The Balaban J connectivity index is 1.80. The van der Waals surface area contributed by atoms with Gasteiger partial charge < -0.3 is 10.6 Å². The van der Waals surface area contributed by atoms with Crippen LogP contribution < -0.4 is 15.4 Å². The van der Waals surface area contributed by atoms with Gasteiger partial charge in [0.15, 0.2) is 0 Å². The molecule has 0 radical (unpaired) electrons. The summed E-state index contributed by atoms with van der Waals surface area (Å²) in [6.45, 7) is 8.02. The van der Waals surface area contributed by atoms with E-state index in [1.807, 2.05) is 33.8 Å². The number of nitrogens with zero attached hydrogens (tertiary/aromatic N) is 2. The minimum Gasteiger partial charge on any atom is -0.350 e. The zero-order valence-corrected chi connectivity index (χ0v) is 17.7. The van der Waals surface area contributed by atoms with Crippen molar-refractivity contribution in [2.45, 2.75) is 69.9 Å². The average Bonchev–Trinajstić information content (AvgIpc) is 3.09. The van der Waals surface area contributed by atoms with Gasteiger partial charge >= 0.3 is 0 Å². The van der Waals surface area contributed by atoms with Gasteiger partial charge in [0.2, 0.25) is 16.0 Å². The van der Waals surface area contributed by atoms with Crippen molar-refractivity contribution < 1.29 is 8.42 Å². The molecule has 0 amide bonds. The van der Waals surface area contributed by atoms with E-state index in [0.29, 0.717) is 17.5 Å². The molecule has 0 aliphatic heterocycles. The van der Waals surface area contributed by atoms with E-state index in [-0.39, 0.29) is 16.5 Å². The van der Waals surface area contributed by atoms with Gasteiger partial charge in [0.1, 0.15) is 5.82 Å². The third kappa shape index (κ3) is 5.42. The maximum absolute atomic E-state index is 12.7. The second-order valence-corrected chi connectivity index (χ2v) is 10.1. The number of benzene rings is 1. The van der Waals surface area contributed by atoms with Crippen molar-refractivity contribution in [2.24, 2.45) is 0 Å². The Hall–Kier alpha value is -2.19. The van der Waals surface area contributed by atoms with E-state index in [4.69, 9.17) is 0 Å². The molecular formula is C20H29N5O2S. The maximum Gasteiger partial charge on any atom is 0.240 e. The highest BCUT2D eigenvalue weighted by Gasteiger charge is 2.23. The molecule has 1 fully saturated rings. The molecule has 1 aromatic heterocycles. The smallest absolute Gasteiger partial charge is 0.240 e. The summed E-state index contributed by atoms with van der Waals surface area (Å²) < 4.78 is 28.2. The summed E-state index contributed by atoms with van der Waals surface area (Å²) in [5.41, 5.74) is 1.38. The lowest BCUT2D eigenvalue weighted by Gasteiger charge is -2.21. The van der Waals surface area contributed by atoms with Crippen molar-refractivity contribution in [3.63, 3.8) is 0 Å². The molecule has 0 bridgehead atoms. The number of hydrogen-bond acceptors (Lipinski definition) is 6. The SMILES string of the molecule is Cc1cnc(NC(C)(C)C)nc1Nc1cccc(S(=O)(=O)NC2CCCC2)c1. The topological polar surface area (TPSA) is 96.0 Å². The van der Waals surface area contributed by atoms with Crippen LogP contribution in [-0.4, -0.2) is 30.0 Å². The number of aromatic nitrogens is 2. The van der Waals surface area contributed by atoms with Gasteiger partial charge in [-0.15, -0.1) is 0 Å². The van der Waals surface area contributed by atoms with Crippen LogP contribution in [0.4, 0.5) is 17.5 Å². The molecule has 3 N–H and O–H groups in total. The molecule has 1 aliphatic rings. The molecule has 1 aliphatic carbocycles. The number of nitrogens with one attached hydrogen (secondary N) is 3. The molecule has 1 aromatic carbocycles. The average molecular weight is 404 g/mol. The van der Waals surface area contributed by atoms with Gasteiger partial charge in [-0.1, -0.05) is 18.9 Å². The molecule has 1 heterocycles. The first-order chi connectivity index (χ1) is 13.1. The first-order valence-corrected chi connectivity index (χ1v) is 11.1. The zero-order valence-electron chi connectivity index (χ0n) is 16.9.